The highest BCUT2D eigenvalue weighted by Crippen LogP contribution is 2.10. The average Bonchev–Trinajstić information content (AvgIpc) is 2.85. The van der Waals surface area contributed by atoms with Crippen LogP contribution in [0.25, 0.3) is 0 Å². The van der Waals surface area contributed by atoms with E-state index in [2.05, 4.69) is 17.6 Å². The lowest BCUT2D eigenvalue weighted by Gasteiger charge is -2.11. The Morgan fingerprint density at radius 3 is 2.89 bits per heavy atom. The predicted molar refractivity (Wildman–Crippen MR) is 73.9 cm³/mol. The maximum absolute atomic E-state index is 12.0. The zero-order chi connectivity index (χ0) is 13.0. The van der Waals surface area contributed by atoms with Gasteiger partial charge in [0.05, 0.1) is 0 Å². The lowest BCUT2D eigenvalue weighted by molar-refractivity contribution is 0.0952. The molecule has 1 heterocycles. The van der Waals surface area contributed by atoms with Crippen LogP contribution in [0.4, 0.5) is 0 Å². The Morgan fingerprint density at radius 2 is 2.22 bits per heavy atom. The van der Waals surface area contributed by atoms with Crippen molar-refractivity contribution in [1.29, 1.82) is 0 Å². The van der Waals surface area contributed by atoms with Crippen molar-refractivity contribution in [2.24, 2.45) is 0 Å². The summed E-state index contributed by atoms with van der Waals surface area (Å²) in [7, 11) is 0. The van der Waals surface area contributed by atoms with Crippen LogP contribution in [0, 0.1) is 13.8 Å². The molecule has 1 saturated heterocycles. The summed E-state index contributed by atoms with van der Waals surface area (Å²) in [6.07, 6.45) is 3.52. The van der Waals surface area contributed by atoms with E-state index >= 15 is 0 Å². The molecule has 2 rings (SSSR count). The van der Waals surface area contributed by atoms with E-state index in [1.54, 1.807) is 0 Å². The van der Waals surface area contributed by atoms with Crippen LogP contribution in [0.3, 0.4) is 0 Å². The Kier molecular flexibility index (Phi) is 4.37. The first-order chi connectivity index (χ1) is 8.66. The molecule has 1 amide bonds. The zero-order valence-electron chi connectivity index (χ0n) is 11.3. The van der Waals surface area contributed by atoms with Gasteiger partial charge in [0.15, 0.2) is 0 Å². The molecule has 0 saturated carbocycles. The van der Waals surface area contributed by atoms with E-state index in [0.29, 0.717) is 6.04 Å². The number of aryl methyl sites for hydroxylation is 2. The van der Waals surface area contributed by atoms with Gasteiger partial charge in [-0.2, -0.15) is 0 Å². The van der Waals surface area contributed by atoms with Crippen LogP contribution in [0.1, 0.15) is 40.7 Å². The average molecular weight is 246 g/mol. The van der Waals surface area contributed by atoms with Gasteiger partial charge in [-0.05, 0) is 62.9 Å². The molecule has 3 nitrogen and oxygen atoms in total. The largest absolute Gasteiger partial charge is 0.352 e. The molecule has 1 aromatic rings. The maximum Gasteiger partial charge on any atom is 0.251 e. The van der Waals surface area contributed by atoms with Gasteiger partial charge in [-0.15, -0.1) is 0 Å². The Hall–Kier alpha value is -1.35. The molecule has 1 atom stereocenters. The normalized spacial score (nSPS) is 18.9. The highest BCUT2D eigenvalue weighted by atomic mass is 16.1. The topological polar surface area (TPSA) is 41.1 Å². The zero-order valence-corrected chi connectivity index (χ0v) is 11.3. The van der Waals surface area contributed by atoms with Crippen LogP contribution in [-0.2, 0) is 0 Å². The van der Waals surface area contributed by atoms with Crippen LogP contribution >= 0.6 is 0 Å². The predicted octanol–water partition coefficient (Wildman–Crippen LogP) is 2.18. The fraction of sp³-hybridized carbons (Fsp3) is 0.533. The molecular formula is C15H22N2O. The number of hydrogen-bond acceptors (Lipinski definition) is 2. The molecule has 1 fully saturated rings. The highest BCUT2D eigenvalue weighted by molar-refractivity contribution is 5.94. The van der Waals surface area contributed by atoms with Crippen LogP contribution in [-0.4, -0.2) is 25.0 Å². The summed E-state index contributed by atoms with van der Waals surface area (Å²) in [6, 6.07) is 6.44. The molecule has 0 aliphatic carbocycles. The molecule has 0 aromatic heterocycles. The molecule has 1 aromatic carbocycles. The standard InChI is InChI=1S/C15H22N2O/c1-11-5-6-13(10-12(11)2)15(18)17-9-7-14-4-3-8-16-14/h5-6,10,14,16H,3-4,7-9H2,1-2H3,(H,17,18)/t14-/m1/s1. The van der Waals surface area contributed by atoms with Gasteiger partial charge in [-0.1, -0.05) is 6.07 Å². The molecule has 1 aliphatic heterocycles. The molecule has 98 valence electrons. The summed E-state index contributed by atoms with van der Waals surface area (Å²) in [4.78, 5) is 12.0. The lowest BCUT2D eigenvalue weighted by Crippen LogP contribution is -2.30. The molecule has 0 unspecified atom stereocenters. The SMILES string of the molecule is Cc1ccc(C(=O)NCC[C@H]2CCCN2)cc1C. The van der Waals surface area contributed by atoms with Gasteiger partial charge >= 0.3 is 0 Å². The Balaban J connectivity index is 1.81. The maximum atomic E-state index is 12.0. The molecule has 2 N–H and O–H groups in total. The van der Waals surface area contributed by atoms with E-state index in [0.717, 1.165) is 25.1 Å². The van der Waals surface area contributed by atoms with Crippen LogP contribution in [0.15, 0.2) is 18.2 Å². The molecular weight excluding hydrogens is 224 g/mol. The number of nitrogens with one attached hydrogen (secondary N) is 2. The second-order valence-corrected chi connectivity index (χ2v) is 5.14. The van der Waals surface area contributed by atoms with Gasteiger partial charge in [0.2, 0.25) is 0 Å². The van der Waals surface area contributed by atoms with Gasteiger partial charge in [0, 0.05) is 18.2 Å². The monoisotopic (exact) mass is 246 g/mol. The number of carbonyl (C=O) groups excluding carboxylic acids is 1. The first kappa shape index (κ1) is 13.1. The van der Waals surface area contributed by atoms with Gasteiger partial charge in [0.25, 0.3) is 5.91 Å². The summed E-state index contributed by atoms with van der Waals surface area (Å²) in [5.41, 5.74) is 3.15. The summed E-state index contributed by atoms with van der Waals surface area (Å²) in [5.74, 6) is 0.0381. The van der Waals surface area contributed by atoms with E-state index < -0.39 is 0 Å². The molecule has 3 heteroatoms. The first-order valence-corrected chi connectivity index (χ1v) is 6.75. The molecule has 0 bridgehead atoms. The Morgan fingerprint density at radius 1 is 1.39 bits per heavy atom. The van der Waals surface area contributed by atoms with E-state index in [4.69, 9.17) is 0 Å². The third-order valence-corrected chi connectivity index (χ3v) is 3.71. The third-order valence-electron chi connectivity index (χ3n) is 3.71. The van der Waals surface area contributed by atoms with Crippen molar-refractivity contribution in [3.05, 3.63) is 34.9 Å². The van der Waals surface area contributed by atoms with Crippen molar-refractivity contribution in [3.63, 3.8) is 0 Å². The van der Waals surface area contributed by atoms with Crippen molar-refractivity contribution >= 4 is 5.91 Å². The fourth-order valence-electron chi connectivity index (χ4n) is 2.35. The van der Waals surface area contributed by atoms with Crippen LogP contribution < -0.4 is 10.6 Å². The molecule has 0 radical (unpaired) electrons. The summed E-state index contributed by atoms with van der Waals surface area (Å²) < 4.78 is 0. The number of carbonyl (C=O) groups is 1. The molecule has 1 aliphatic rings. The van der Waals surface area contributed by atoms with Crippen molar-refractivity contribution in [3.8, 4) is 0 Å². The summed E-state index contributed by atoms with van der Waals surface area (Å²) in [5, 5.41) is 6.43. The second kappa shape index (κ2) is 6.01. The van der Waals surface area contributed by atoms with Gasteiger partial charge in [0.1, 0.15) is 0 Å². The van der Waals surface area contributed by atoms with E-state index in [-0.39, 0.29) is 5.91 Å². The molecule has 18 heavy (non-hydrogen) atoms. The van der Waals surface area contributed by atoms with Crippen molar-refractivity contribution in [2.75, 3.05) is 13.1 Å². The van der Waals surface area contributed by atoms with Crippen LogP contribution in [0.2, 0.25) is 0 Å². The first-order valence-electron chi connectivity index (χ1n) is 6.75. The summed E-state index contributed by atoms with van der Waals surface area (Å²) in [6.45, 7) is 5.97. The minimum atomic E-state index is 0.0381. The summed E-state index contributed by atoms with van der Waals surface area (Å²) >= 11 is 0. The van der Waals surface area contributed by atoms with Crippen molar-refractivity contribution in [2.45, 2.75) is 39.2 Å². The van der Waals surface area contributed by atoms with E-state index in [1.807, 2.05) is 25.1 Å². The van der Waals surface area contributed by atoms with Gasteiger partial charge in [-0.25, -0.2) is 0 Å². The van der Waals surface area contributed by atoms with Gasteiger partial charge in [-0.3, -0.25) is 4.79 Å². The quantitative estimate of drug-likeness (QED) is 0.855. The number of benzene rings is 1. The van der Waals surface area contributed by atoms with E-state index in [1.165, 1.54) is 24.0 Å². The second-order valence-electron chi connectivity index (χ2n) is 5.14. The Labute approximate surface area is 109 Å². The number of amides is 1. The highest BCUT2D eigenvalue weighted by Gasteiger charge is 2.14. The third kappa shape index (κ3) is 3.33. The smallest absolute Gasteiger partial charge is 0.251 e. The van der Waals surface area contributed by atoms with Crippen molar-refractivity contribution < 1.29 is 4.79 Å². The minimum Gasteiger partial charge on any atom is -0.352 e. The minimum absolute atomic E-state index is 0.0381. The van der Waals surface area contributed by atoms with Gasteiger partial charge < -0.3 is 10.6 Å². The fourth-order valence-corrected chi connectivity index (χ4v) is 2.35. The number of hydrogen-bond donors (Lipinski definition) is 2. The molecule has 0 spiro atoms. The lowest BCUT2D eigenvalue weighted by atomic mass is 10.1. The van der Waals surface area contributed by atoms with Crippen LogP contribution in [0.5, 0.6) is 0 Å². The van der Waals surface area contributed by atoms with Crippen molar-refractivity contribution in [1.82, 2.24) is 10.6 Å². The number of rotatable bonds is 4. The van der Waals surface area contributed by atoms with E-state index in [9.17, 15) is 4.79 Å². The Bertz CT molecular complexity index is 423.